The fourth-order valence-electron chi connectivity index (χ4n) is 1.28. The van der Waals surface area contributed by atoms with Crippen LogP contribution >= 0.6 is 0 Å². The van der Waals surface area contributed by atoms with E-state index in [-0.39, 0.29) is 18.2 Å². The summed E-state index contributed by atoms with van der Waals surface area (Å²) in [6, 6.07) is 0. The lowest BCUT2D eigenvalue weighted by Gasteiger charge is -2.10. The summed E-state index contributed by atoms with van der Waals surface area (Å²) in [6.45, 7) is 3.10. The molecule has 1 saturated heterocycles. The third-order valence-electron chi connectivity index (χ3n) is 2.03. The van der Waals surface area contributed by atoms with Gasteiger partial charge in [-0.2, -0.15) is 0 Å². The molecule has 5 nitrogen and oxygen atoms in total. The Morgan fingerprint density at radius 1 is 0.786 bits per heavy atom. The summed E-state index contributed by atoms with van der Waals surface area (Å²) >= 11 is 0. The lowest BCUT2D eigenvalue weighted by Crippen LogP contribution is -2.35. The molecule has 0 aromatic carbocycles. The van der Waals surface area contributed by atoms with Crippen molar-refractivity contribution in [1.82, 2.24) is 16.0 Å². The van der Waals surface area contributed by atoms with Crippen molar-refractivity contribution in [3.8, 4) is 0 Å². The molecule has 0 unspecified atom stereocenters. The second-order valence-electron chi connectivity index (χ2n) is 3.33. The smallest absolute Gasteiger partial charge is 0.229 e. The second-order valence-corrected chi connectivity index (χ2v) is 3.33. The van der Waals surface area contributed by atoms with Crippen LogP contribution in [-0.2, 0) is 9.59 Å². The predicted octanol–water partition coefficient (Wildman–Crippen LogP) is -1.01. The molecule has 1 heterocycles. The first kappa shape index (κ1) is 11.0. The maximum absolute atomic E-state index is 11.1. The zero-order valence-electron chi connectivity index (χ0n) is 8.27. The van der Waals surface area contributed by atoms with Crippen LogP contribution in [0.3, 0.4) is 0 Å². The van der Waals surface area contributed by atoms with Crippen molar-refractivity contribution >= 4 is 11.8 Å². The van der Waals surface area contributed by atoms with Gasteiger partial charge in [0.25, 0.3) is 0 Å². The van der Waals surface area contributed by atoms with Crippen LogP contribution in [0.1, 0.15) is 19.3 Å². The molecule has 0 saturated carbocycles. The molecule has 0 aliphatic carbocycles. The average molecular weight is 199 g/mol. The van der Waals surface area contributed by atoms with Gasteiger partial charge in [-0.15, -0.1) is 0 Å². The van der Waals surface area contributed by atoms with Crippen LogP contribution in [0.25, 0.3) is 0 Å². The van der Waals surface area contributed by atoms with Crippen LogP contribution < -0.4 is 16.0 Å². The van der Waals surface area contributed by atoms with Crippen molar-refractivity contribution in [2.75, 3.05) is 26.2 Å². The zero-order chi connectivity index (χ0) is 10.2. The molecule has 5 heteroatoms. The molecular weight excluding hydrogens is 182 g/mol. The Balaban J connectivity index is 2.30. The predicted molar refractivity (Wildman–Crippen MR) is 52.7 cm³/mol. The fraction of sp³-hybridized carbons (Fsp3) is 0.778. The van der Waals surface area contributed by atoms with Crippen LogP contribution in [0.5, 0.6) is 0 Å². The van der Waals surface area contributed by atoms with E-state index in [9.17, 15) is 9.59 Å². The Kier molecular flexibility index (Phi) is 4.99. The summed E-state index contributed by atoms with van der Waals surface area (Å²) in [5, 5.41) is 8.61. The van der Waals surface area contributed by atoms with Gasteiger partial charge in [-0.05, 0) is 25.9 Å². The SMILES string of the molecule is O=C1CC(=O)NCCCNCCCN1. The van der Waals surface area contributed by atoms with E-state index in [1.54, 1.807) is 0 Å². The third-order valence-corrected chi connectivity index (χ3v) is 2.03. The van der Waals surface area contributed by atoms with Gasteiger partial charge in [-0.25, -0.2) is 0 Å². The van der Waals surface area contributed by atoms with Crippen LogP contribution in [0.4, 0.5) is 0 Å². The molecule has 0 aromatic heterocycles. The Morgan fingerprint density at radius 2 is 1.29 bits per heavy atom. The first-order valence-electron chi connectivity index (χ1n) is 5.03. The summed E-state index contributed by atoms with van der Waals surface area (Å²) < 4.78 is 0. The molecule has 1 aliphatic rings. The normalized spacial score (nSPS) is 21.4. The minimum absolute atomic E-state index is 0.0482. The number of carbonyl (C=O) groups excluding carboxylic acids is 2. The molecule has 14 heavy (non-hydrogen) atoms. The van der Waals surface area contributed by atoms with Gasteiger partial charge in [0.05, 0.1) is 0 Å². The first-order valence-corrected chi connectivity index (χ1v) is 5.03. The molecule has 1 fully saturated rings. The van der Waals surface area contributed by atoms with Gasteiger partial charge in [-0.1, -0.05) is 0 Å². The molecule has 80 valence electrons. The Labute approximate surface area is 83.6 Å². The molecule has 1 rings (SSSR count). The van der Waals surface area contributed by atoms with Crippen molar-refractivity contribution in [2.45, 2.75) is 19.3 Å². The average Bonchev–Trinajstić information content (AvgIpc) is 2.13. The van der Waals surface area contributed by atoms with Gasteiger partial charge in [0.1, 0.15) is 6.42 Å². The third kappa shape index (κ3) is 4.81. The molecule has 2 amide bonds. The quantitative estimate of drug-likeness (QED) is 0.438. The molecule has 0 radical (unpaired) electrons. The lowest BCUT2D eigenvalue weighted by molar-refractivity contribution is -0.129. The molecular formula is C9H17N3O2. The summed E-state index contributed by atoms with van der Waals surface area (Å²) in [7, 11) is 0. The first-order chi connectivity index (χ1) is 6.79. The van der Waals surface area contributed by atoms with Crippen LogP contribution in [0.15, 0.2) is 0 Å². The van der Waals surface area contributed by atoms with Crippen molar-refractivity contribution in [3.63, 3.8) is 0 Å². The Morgan fingerprint density at radius 3 is 1.79 bits per heavy atom. The highest BCUT2D eigenvalue weighted by molar-refractivity contribution is 5.96. The highest BCUT2D eigenvalue weighted by atomic mass is 16.2. The van der Waals surface area contributed by atoms with Gasteiger partial charge in [0.2, 0.25) is 11.8 Å². The van der Waals surface area contributed by atoms with Crippen LogP contribution in [0, 0.1) is 0 Å². The van der Waals surface area contributed by atoms with Gasteiger partial charge in [-0.3, -0.25) is 9.59 Å². The molecule has 1 aliphatic heterocycles. The van der Waals surface area contributed by atoms with Gasteiger partial charge < -0.3 is 16.0 Å². The van der Waals surface area contributed by atoms with Crippen molar-refractivity contribution in [1.29, 1.82) is 0 Å². The van der Waals surface area contributed by atoms with Crippen LogP contribution in [-0.4, -0.2) is 38.0 Å². The number of hydrogen-bond acceptors (Lipinski definition) is 3. The van der Waals surface area contributed by atoms with E-state index in [0.717, 1.165) is 25.9 Å². The maximum Gasteiger partial charge on any atom is 0.229 e. The number of amides is 2. The van der Waals surface area contributed by atoms with E-state index < -0.39 is 0 Å². The highest BCUT2D eigenvalue weighted by Crippen LogP contribution is 1.85. The summed E-state index contributed by atoms with van der Waals surface area (Å²) in [5.41, 5.74) is 0. The van der Waals surface area contributed by atoms with E-state index in [4.69, 9.17) is 0 Å². The minimum Gasteiger partial charge on any atom is -0.356 e. The Bertz CT molecular complexity index is 186. The van der Waals surface area contributed by atoms with E-state index >= 15 is 0 Å². The largest absolute Gasteiger partial charge is 0.356 e. The van der Waals surface area contributed by atoms with E-state index in [1.165, 1.54) is 0 Å². The van der Waals surface area contributed by atoms with Crippen molar-refractivity contribution in [2.24, 2.45) is 0 Å². The van der Waals surface area contributed by atoms with E-state index in [1.807, 2.05) is 0 Å². The number of nitrogens with one attached hydrogen (secondary N) is 3. The molecule has 0 bridgehead atoms. The second kappa shape index (κ2) is 6.37. The van der Waals surface area contributed by atoms with E-state index in [0.29, 0.717) is 13.1 Å². The molecule has 0 atom stereocenters. The summed E-state index contributed by atoms with van der Waals surface area (Å²) in [6.07, 6.45) is 1.77. The van der Waals surface area contributed by atoms with Crippen molar-refractivity contribution in [3.05, 3.63) is 0 Å². The van der Waals surface area contributed by atoms with Crippen LogP contribution in [0.2, 0.25) is 0 Å². The van der Waals surface area contributed by atoms with Gasteiger partial charge in [0, 0.05) is 13.1 Å². The maximum atomic E-state index is 11.1. The Hall–Kier alpha value is -1.10. The fourth-order valence-corrected chi connectivity index (χ4v) is 1.28. The topological polar surface area (TPSA) is 70.2 Å². The minimum atomic E-state index is -0.192. The zero-order valence-corrected chi connectivity index (χ0v) is 8.27. The number of rotatable bonds is 0. The molecule has 0 spiro atoms. The summed E-state index contributed by atoms with van der Waals surface area (Å²) in [4.78, 5) is 22.2. The number of hydrogen-bond donors (Lipinski definition) is 3. The van der Waals surface area contributed by atoms with Crippen molar-refractivity contribution < 1.29 is 9.59 Å². The molecule has 3 N–H and O–H groups in total. The monoisotopic (exact) mass is 199 g/mol. The summed E-state index contributed by atoms with van der Waals surface area (Å²) in [5.74, 6) is -0.383. The number of carbonyl (C=O) groups is 2. The standard InChI is InChI=1S/C9H17N3O2/c13-8-7-9(14)12-6-2-4-10-3-1-5-11-8/h10H,1-7H2,(H,11,13)(H,12,14). The lowest BCUT2D eigenvalue weighted by atomic mass is 10.3. The van der Waals surface area contributed by atoms with Gasteiger partial charge >= 0.3 is 0 Å². The van der Waals surface area contributed by atoms with E-state index in [2.05, 4.69) is 16.0 Å². The van der Waals surface area contributed by atoms with Gasteiger partial charge in [0.15, 0.2) is 0 Å². The highest BCUT2D eigenvalue weighted by Gasteiger charge is 2.08. The molecule has 0 aromatic rings.